The molecule has 2 rings (SSSR count). The molecule has 18 heavy (non-hydrogen) atoms. The lowest BCUT2D eigenvalue weighted by Gasteiger charge is -2.14. The topological polar surface area (TPSA) is 22.1 Å². The average molecular weight is 264 g/mol. The molecular formula is C15H18ClNO. The van der Waals surface area contributed by atoms with E-state index in [0.717, 1.165) is 32.9 Å². The Balaban J connectivity index is 2.69. The Kier molecular flexibility index (Phi) is 3.76. The number of hydrogen-bond donors (Lipinski definition) is 0. The summed E-state index contributed by atoms with van der Waals surface area (Å²) in [5.74, 6) is 1.21. The van der Waals surface area contributed by atoms with E-state index in [9.17, 15) is 0 Å². The fourth-order valence-corrected chi connectivity index (χ4v) is 2.77. The summed E-state index contributed by atoms with van der Waals surface area (Å²) in [5.41, 5.74) is 3.05. The van der Waals surface area contributed by atoms with Crippen molar-refractivity contribution in [2.45, 2.75) is 33.6 Å². The Morgan fingerprint density at radius 2 is 2.06 bits per heavy atom. The highest BCUT2D eigenvalue weighted by Gasteiger charge is 2.14. The second kappa shape index (κ2) is 5.15. The van der Waals surface area contributed by atoms with Gasteiger partial charge in [-0.25, -0.2) is 0 Å². The lowest BCUT2D eigenvalue weighted by Crippen LogP contribution is -1.99. The van der Waals surface area contributed by atoms with Crippen molar-refractivity contribution in [1.29, 1.82) is 0 Å². The Morgan fingerprint density at radius 3 is 2.67 bits per heavy atom. The molecule has 0 saturated carbocycles. The molecule has 0 fully saturated rings. The van der Waals surface area contributed by atoms with Crippen LogP contribution in [0.25, 0.3) is 10.9 Å². The van der Waals surface area contributed by atoms with Crippen molar-refractivity contribution in [3.05, 3.63) is 34.5 Å². The van der Waals surface area contributed by atoms with E-state index in [1.807, 2.05) is 32.0 Å². The number of hydrogen-bond acceptors (Lipinski definition) is 2. The maximum Gasteiger partial charge on any atom is 0.120 e. The summed E-state index contributed by atoms with van der Waals surface area (Å²) < 4.78 is 5.51. The van der Waals surface area contributed by atoms with Gasteiger partial charge in [-0.05, 0) is 43.5 Å². The van der Waals surface area contributed by atoms with Gasteiger partial charge in [-0.1, -0.05) is 25.4 Å². The van der Waals surface area contributed by atoms with Crippen LogP contribution in [0.5, 0.6) is 5.75 Å². The minimum absolute atomic E-state index is 0.366. The van der Waals surface area contributed by atoms with Crippen molar-refractivity contribution in [3.8, 4) is 5.75 Å². The van der Waals surface area contributed by atoms with Crippen molar-refractivity contribution in [3.63, 3.8) is 0 Å². The van der Waals surface area contributed by atoms with Gasteiger partial charge in [0, 0.05) is 11.1 Å². The van der Waals surface area contributed by atoms with Gasteiger partial charge in [-0.3, -0.25) is 4.98 Å². The molecule has 1 heterocycles. The van der Waals surface area contributed by atoms with E-state index < -0.39 is 0 Å². The Bertz CT molecular complexity index is 578. The molecule has 0 unspecified atom stereocenters. The number of fused-ring (bicyclic) bond motifs is 1. The van der Waals surface area contributed by atoms with Gasteiger partial charge in [-0.2, -0.15) is 0 Å². The van der Waals surface area contributed by atoms with E-state index in [-0.39, 0.29) is 0 Å². The quantitative estimate of drug-likeness (QED) is 0.799. The molecule has 0 saturated heterocycles. The molecule has 2 nitrogen and oxygen atoms in total. The van der Waals surface area contributed by atoms with Crippen LogP contribution in [0.4, 0.5) is 0 Å². The summed E-state index contributed by atoms with van der Waals surface area (Å²) in [7, 11) is 0. The first kappa shape index (κ1) is 13.2. The van der Waals surface area contributed by atoms with Crippen molar-refractivity contribution >= 4 is 22.5 Å². The second-order valence-electron chi connectivity index (χ2n) is 4.69. The summed E-state index contributed by atoms with van der Waals surface area (Å²) in [5, 5.41) is 1.77. The van der Waals surface area contributed by atoms with Gasteiger partial charge in [0.05, 0.1) is 17.1 Å². The molecule has 1 aromatic heterocycles. The molecule has 96 valence electrons. The summed E-state index contributed by atoms with van der Waals surface area (Å²) in [6.45, 7) is 8.90. The van der Waals surface area contributed by atoms with Crippen LogP contribution in [-0.4, -0.2) is 11.6 Å². The van der Waals surface area contributed by atoms with E-state index in [1.165, 1.54) is 0 Å². The minimum atomic E-state index is 0.366. The minimum Gasteiger partial charge on any atom is -0.494 e. The van der Waals surface area contributed by atoms with E-state index in [4.69, 9.17) is 16.3 Å². The zero-order chi connectivity index (χ0) is 13.3. The van der Waals surface area contributed by atoms with Gasteiger partial charge < -0.3 is 4.74 Å². The molecule has 3 heteroatoms. The van der Waals surface area contributed by atoms with Gasteiger partial charge in [-0.15, -0.1) is 0 Å². The maximum atomic E-state index is 6.52. The van der Waals surface area contributed by atoms with Crippen molar-refractivity contribution in [2.75, 3.05) is 6.61 Å². The molecule has 2 aromatic rings. The number of halogens is 1. The van der Waals surface area contributed by atoms with Crippen LogP contribution in [-0.2, 0) is 0 Å². The standard InChI is InChI=1S/C15H18ClNO/c1-5-18-11-6-7-13-12(8-11)15(16)14(9(2)3)10(4)17-13/h6-9H,5H2,1-4H3. The lowest BCUT2D eigenvalue weighted by molar-refractivity contribution is 0.340. The van der Waals surface area contributed by atoms with Crippen molar-refractivity contribution in [1.82, 2.24) is 4.98 Å². The number of aromatic nitrogens is 1. The molecular weight excluding hydrogens is 246 g/mol. The monoisotopic (exact) mass is 263 g/mol. The average Bonchev–Trinajstić information content (AvgIpc) is 2.30. The summed E-state index contributed by atoms with van der Waals surface area (Å²) in [6.07, 6.45) is 0. The van der Waals surface area contributed by atoms with Crippen LogP contribution in [0.1, 0.15) is 37.9 Å². The van der Waals surface area contributed by atoms with Gasteiger partial charge in [0.1, 0.15) is 5.75 Å². The normalized spacial score (nSPS) is 11.2. The maximum absolute atomic E-state index is 6.52. The van der Waals surface area contributed by atoms with Crippen LogP contribution in [0.3, 0.4) is 0 Å². The lowest BCUT2D eigenvalue weighted by atomic mass is 9.99. The first-order valence-electron chi connectivity index (χ1n) is 6.27. The number of nitrogens with zero attached hydrogens (tertiary/aromatic N) is 1. The summed E-state index contributed by atoms with van der Waals surface area (Å²) in [6, 6.07) is 5.87. The zero-order valence-electron chi connectivity index (χ0n) is 11.2. The third kappa shape index (κ3) is 2.30. The van der Waals surface area contributed by atoms with Crippen LogP contribution in [0.15, 0.2) is 18.2 Å². The van der Waals surface area contributed by atoms with Gasteiger partial charge in [0.2, 0.25) is 0 Å². The predicted octanol–water partition coefficient (Wildman–Crippen LogP) is 4.72. The number of aryl methyl sites for hydroxylation is 1. The van der Waals surface area contributed by atoms with Crippen LogP contribution < -0.4 is 4.74 Å². The Labute approximate surface area is 113 Å². The summed E-state index contributed by atoms with van der Waals surface area (Å²) in [4.78, 5) is 4.62. The van der Waals surface area contributed by atoms with Gasteiger partial charge in [0.25, 0.3) is 0 Å². The van der Waals surface area contributed by atoms with E-state index in [2.05, 4.69) is 18.8 Å². The molecule has 0 aliphatic carbocycles. The van der Waals surface area contributed by atoms with Crippen molar-refractivity contribution in [2.24, 2.45) is 0 Å². The number of benzene rings is 1. The van der Waals surface area contributed by atoms with E-state index >= 15 is 0 Å². The molecule has 0 bridgehead atoms. The van der Waals surface area contributed by atoms with Gasteiger partial charge in [0.15, 0.2) is 0 Å². The highest BCUT2D eigenvalue weighted by atomic mass is 35.5. The first-order chi connectivity index (χ1) is 8.54. The van der Waals surface area contributed by atoms with Crippen LogP contribution in [0.2, 0.25) is 5.02 Å². The molecule has 0 aliphatic heterocycles. The number of rotatable bonds is 3. The fourth-order valence-electron chi connectivity index (χ4n) is 2.26. The highest BCUT2D eigenvalue weighted by Crippen LogP contribution is 2.34. The zero-order valence-corrected chi connectivity index (χ0v) is 12.0. The number of pyridine rings is 1. The third-order valence-electron chi connectivity index (χ3n) is 3.01. The molecule has 0 spiro atoms. The second-order valence-corrected chi connectivity index (χ2v) is 5.07. The Morgan fingerprint density at radius 1 is 1.33 bits per heavy atom. The number of ether oxygens (including phenoxy) is 1. The summed E-state index contributed by atoms with van der Waals surface area (Å²) >= 11 is 6.52. The third-order valence-corrected chi connectivity index (χ3v) is 3.41. The molecule has 0 atom stereocenters. The SMILES string of the molecule is CCOc1ccc2nc(C)c(C(C)C)c(Cl)c2c1. The van der Waals surface area contributed by atoms with E-state index in [1.54, 1.807) is 0 Å². The highest BCUT2D eigenvalue weighted by molar-refractivity contribution is 6.36. The fraction of sp³-hybridized carbons (Fsp3) is 0.400. The molecule has 0 radical (unpaired) electrons. The van der Waals surface area contributed by atoms with Crippen molar-refractivity contribution < 1.29 is 4.74 Å². The molecule has 0 aliphatic rings. The van der Waals surface area contributed by atoms with Gasteiger partial charge >= 0.3 is 0 Å². The molecule has 0 amide bonds. The van der Waals surface area contributed by atoms with Crippen LogP contribution >= 0.6 is 11.6 Å². The molecule has 0 N–H and O–H groups in total. The predicted molar refractivity (Wildman–Crippen MR) is 76.7 cm³/mol. The van der Waals surface area contributed by atoms with Crippen LogP contribution in [0, 0.1) is 6.92 Å². The molecule has 1 aromatic carbocycles. The smallest absolute Gasteiger partial charge is 0.120 e. The largest absolute Gasteiger partial charge is 0.494 e. The van der Waals surface area contributed by atoms with E-state index in [0.29, 0.717) is 12.5 Å². The Hall–Kier alpha value is -1.28. The first-order valence-corrected chi connectivity index (χ1v) is 6.65.